The molecule has 0 N–H and O–H groups in total. The molecule has 0 saturated carbocycles. The van der Waals surface area contributed by atoms with Crippen molar-refractivity contribution >= 4 is 63.8 Å². The molecule has 0 saturated heterocycles. The second kappa shape index (κ2) is 3.21. The maximum Gasteiger partial charge on any atom is 0.206 e. The lowest BCUT2D eigenvalue weighted by atomic mass is 9.80. The number of allylic oxidation sites excluding steroid dienone is 3. The molecular weight excluding hydrogens is 305 g/mol. The number of hydrogen-bond donors (Lipinski definition) is 0. The van der Waals surface area contributed by atoms with Crippen molar-refractivity contribution in [2.45, 2.75) is 9.75 Å². The highest BCUT2D eigenvalue weighted by atomic mass is 35.5. The molecule has 0 heterocycles. The number of Topliss-reactive ketones (excluding diaryl/α,β-unsaturated/α-hetero) is 1. The molecule has 15 heavy (non-hydrogen) atoms. The van der Waals surface area contributed by atoms with Crippen LogP contribution in [0.5, 0.6) is 0 Å². The van der Waals surface area contributed by atoms with Crippen LogP contribution in [0.25, 0.3) is 0 Å². The summed E-state index contributed by atoms with van der Waals surface area (Å²) < 4.78 is 4.95. The molecule has 0 unspecified atom stereocenters. The lowest BCUT2D eigenvalue weighted by molar-refractivity contribution is -0.116. The third-order valence-corrected chi connectivity index (χ3v) is 5.46. The minimum Gasteiger partial charge on any atom is -0.497 e. The van der Waals surface area contributed by atoms with Gasteiger partial charge in [-0.2, -0.15) is 0 Å². The average Bonchev–Trinajstić information content (AvgIpc) is 2.36. The largest absolute Gasteiger partial charge is 0.497 e. The van der Waals surface area contributed by atoms with E-state index in [-0.39, 0.29) is 20.9 Å². The number of carbonyl (C=O) groups excluding carboxylic acids is 1. The van der Waals surface area contributed by atoms with Crippen LogP contribution in [-0.2, 0) is 9.53 Å². The van der Waals surface area contributed by atoms with E-state index in [1.807, 2.05) is 0 Å². The van der Waals surface area contributed by atoms with E-state index >= 15 is 0 Å². The monoisotopic (exact) mass is 306 g/mol. The molecule has 2 nitrogen and oxygen atoms in total. The van der Waals surface area contributed by atoms with Gasteiger partial charge in [-0.1, -0.05) is 34.8 Å². The standard InChI is InChI=1S/C8H3Cl5O2/c1-15-6-2(9)5(14)7(12)3(10)4(11)8(6,7)13/h1H3/t7-,8-/m0/s1. The topological polar surface area (TPSA) is 26.3 Å². The van der Waals surface area contributed by atoms with Crippen LogP contribution in [0, 0.1) is 0 Å². The van der Waals surface area contributed by atoms with E-state index in [1.54, 1.807) is 0 Å². The van der Waals surface area contributed by atoms with Crippen molar-refractivity contribution in [3.05, 3.63) is 20.9 Å². The third-order valence-electron chi connectivity index (χ3n) is 2.50. The maximum atomic E-state index is 11.8. The summed E-state index contributed by atoms with van der Waals surface area (Å²) >= 11 is 29.6. The molecule has 0 fully saturated rings. The van der Waals surface area contributed by atoms with Crippen LogP contribution in [0.1, 0.15) is 0 Å². The van der Waals surface area contributed by atoms with Gasteiger partial charge in [0.05, 0.1) is 17.2 Å². The molecule has 0 aliphatic heterocycles. The molecular formula is C8H3Cl5O2. The van der Waals surface area contributed by atoms with Gasteiger partial charge in [-0.25, -0.2) is 0 Å². The van der Waals surface area contributed by atoms with Crippen molar-refractivity contribution in [1.29, 1.82) is 0 Å². The summed E-state index contributed by atoms with van der Waals surface area (Å²) in [7, 11) is 1.33. The van der Waals surface area contributed by atoms with Gasteiger partial charge in [-0.05, 0) is 0 Å². The van der Waals surface area contributed by atoms with E-state index in [4.69, 9.17) is 62.7 Å². The Morgan fingerprint density at radius 2 is 1.53 bits per heavy atom. The molecule has 2 aliphatic carbocycles. The number of halogens is 5. The molecule has 0 radical (unpaired) electrons. The first-order valence-corrected chi connectivity index (χ1v) is 5.65. The SMILES string of the molecule is COC1=C(Cl)C(=O)[C@@]2(Cl)C(Cl)=C(Cl)[C@]12Cl. The second-order valence-corrected chi connectivity index (χ2v) is 5.39. The summed E-state index contributed by atoms with van der Waals surface area (Å²) in [6, 6.07) is 0. The highest BCUT2D eigenvalue weighted by Gasteiger charge is 2.75. The van der Waals surface area contributed by atoms with E-state index in [0.29, 0.717) is 0 Å². The fraction of sp³-hybridized carbons (Fsp3) is 0.375. The van der Waals surface area contributed by atoms with Crippen molar-refractivity contribution in [2.24, 2.45) is 0 Å². The quantitative estimate of drug-likeness (QED) is 0.695. The zero-order valence-electron chi connectivity index (χ0n) is 7.21. The predicted molar refractivity (Wildman–Crippen MR) is 60.8 cm³/mol. The first kappa shape index (κ1) is 11.9. The minimum atomic E-state index is -1.62. The van der Waals surface area contributed by atoms with Gasteiger partial charge < -0.3 is 4.74 Å². The van der Waals surface area contributed by atoms with Crippen molar-refractivity contribution < 1.29 is 9.53 Å². The van der Waals surface area contributed by atoms with E-state index in [1.165, 1.54) is 7.11 Å². The highest BCUT2D eigenvalue weighted by Crippen LogP contribution is 2.67. The third kappa shape index (κ3) is 0.985. The molecule has 2 rings (SSSR count). The Morgan fingerprint density at radius 3 is 2.00 bits per heavy atom. The fourth-order valence-electron chi connectivity index (χ4n) is 1.69. The molecule has 2 aliphatic rings. The molecule has 0 bridgehead atoms. The van der Waals surface area contributed by atoms with Gasteiger partial charge in [0.15, 0.2) is 9.75 Å². The summed E-state index contributed by atoms with van der Waals surface area (Å²) in [5.41, 5.74) is 0. The lowest BCUT2D eigenvalue weighted by Crippen LogP contribution is -2.57. The number of hydrogen-bond acceptors (Lipinski definition) is 2. The van der Waals surface area contributed by atoms with Crippen LogP contribution in [-0.4, -0.2) is 22.6 Å². The van der Waals surface area contributed by atoms with Crippen LogP contribution in [0.4, 0.5) is 0 Å². The Balaban J connectivity index is 2.70. The zero-order valence-corrected chi connectivity index (χ0v) is 11.0. The Labute approximate surface area is 111 Å². The Hall–Kier alpha value is 0.400. The molecule has 0 spiro atoms. The van der Waals surface area contributed by atoms with Gasteiger partial charge in [0, 0.05) is 0 Å². The molecule has 7 heteroatoms. The minimum absolute atomic E-state index is 0.00367. The Kier molecular flexibility index (Phi) is 2.54. The van der Waals surface area contributed by atoms with Crippen molar-refractivity contribution in [1.82, 2.24) is 0 Å². The normalized spacial score (nSPS) is 39.5. The van der Waals surface area contributed by atoms with Gasteiger partial charge >= 0.3 is 0 Å². The van der Waals surface area contributed by atoms with Crippen LogP contribution in [0.15, 0.2) is 20.9 Å². The van der Waals surface area contributed by atoms with Crippen LogP contribution < -0.4 is 0 Å². The first-order chi connectivity index (χ1) is 6.83. The van der Waals surface area contributed by atoms with Gasteiger partial charge in [0.1, 0.15) is 10.8 Å². The number of ketones is 1. The Bertz CT molecular complexity index is 440. The van der Waals surface area contributed by atoms with Crippen molar-refractivity contribution in [3.63, 3.8) is 0 Å². The molecule has 0 aromatic carbocycles. The molecule has 2 atom stereocenters. The smallest absolute Gasteiger partial charge is 0.206 e. The number of fused-ring (bicyclic) bond motifs is 1. The van der Waals surface area contributed by atoms with Crippen LogP contribution in [0.3, 0.4) is 0 Å². The second-order valence-electron chi connectivity index (χ2n) is 3.12. The zero-order chi connectivity index (χ0) is 11.6. The summed E-state index contributed by atoms with van der Waals surface area (Å²) in [5.74, 6) is -0.549. The average molecular weight is 308 g/mol. The number of alkyl halides is 2. The maximum absolute atomic E-state index is 11.8. The summed E-state index contributed by atoms with van der Waals surface area (Å²) in [4.78, 5) is 8.68. The summed E-state index contributed by atoms with van der Waals surface area (Å²) in [6.45, 7) is 0. The van der Waals surface area contributed by atoms with Gasteiger partial charge in [-0.3, -0.25) is 4.79 Å². The van der Waals surface area contributed by atoms with E-state index < -0.39 is 15.5 Å². The number of methoxy groups -OCH3 is 1. The van der Waals surface area contributed by atoms with Crippen molar-refractivity contribution in [2.75, 3.05) is 7.11 Å². The van der Waals surface area contributed by atoms with Crippen molar-refractivity contribution in [3.8, 4) is 0 Å². The molecule has 82 valence electrons. The molecule has 0 amide bonds. The number of ether oxygens (including phenoxy) is 1. The van der Waals surface area contributed by atoms with E-state index in [9.17, 15) is 4.79 Å². The van der Waals surface area contributed by atoms with Gasteiger partial charge in [-0.15, -0.1) is 23.2 Å². The van der Waals surface area contributed by atoms with Crippen LogP contribution >= 0.6 is 58.0 Å². The lowest BCUT2D eigenvalue weighted by Gasteiger charge is -2.44. The molecule has 0 aromatic heterocycles. The predicted octanol–water partition coefficient (Wildman–Crippen LogP) is 3.32. The first-order valence-electron chi connectivity index (χ1n) is 3.76. The van der Waals surface area contributed by atoms with E-state index in [0.717, 1.165) is 0 Å². The number of carbonyl (C=O) groups is 1. The van der Waals surface area contributed by atoms with E-state index in [2.05, 4.69) is 0 Å². The Morgan fingerprint density at radius 1 is 1.07 bits per heavy atom. The highest BCUT2D eigenvalue weighted by molar-refractivity contribution is 6.67. The van der Waals surface area contributed by atoms with Crippen LogP contribution in [0.2, 0.25) is 0 Å². The number of rotatable bonds is 1. The van der Waals surface area contributed by atoms with Gasteiger partial charge in [0.25, 0.3) is 0 Å². The molecule has 0 aromatic rings. The van der Waals surface area contributed by atoms with Gasteiger partial charge in [0.2, 0.25) is 5.78 Å². The summed E-state index contributed by atoms with van der Waals surface area (Å²) in [6.07, 6.45) is 0. The summed E-state index contributed by atoms with van der Waals surface area (Å²) in [5, 5.41) is -0.103. The fourth-order valence-corrected chi connectivity index (χ4v) is 3.90.